The molecule has 2 aromatic heterocycles. The number of rotatable bonds is 6. The highest BCUT2D eigenvalue weighted by atomic mass is 16.5. The quantitative estimate of drug-likeness (QED) is 0.585. The summed E-state index contributed by atoms with van der Waals surface area (Å²) in [5.41, 5.74) is 2.63. The van der Waals surface area contributed by atoms with Crippen molar-refractivity contribution in [3.63, 3.8) is 0 Å². The number of aryl methyl sites for hydroxylation is 1. The number of amides is 1. The zero-order valence-electron chi connectivity index (χ0n) is 18.7. The Morgan fingerprint density at radius 1 is 1.29 bits per heavy atom. The zero-order valence-corrected chi connectivity index (χ0v) is 18.7. The van der Waals surface area contributed by atoms with Gasteiger partial charge in [-0.3, -0.25) is 9.48 Å². The smallest absolute Gasteiger partial charge is 0.272 e. The van der Waals surface area contributed by atoms with Gasteiger partial charge in [-0.25, -0.2) is 4.98 Å². The number of carbonyl (C=O) groups is 1. The molecule has 4 rings (SSSR count). The molecule has 0 unspecified atom stereocenters. The van der Waals surface area contributed by atoms with E-state index in [0.717, 1.165) is 42.0 Å². The summed E-state index contributed by atoms with van der Waals surface area (Å²) in [4.78, 5) is 19.8. The molecule has 0 spiro atoms. The number of methoxy groups -OCH3 is 1. The maximum absolute atomic E-state index is 13.4. The van der Waals surface area contributed by atoms with Gasteiger partial charge in [0.25, 0.3) is 5.91 Å². The minimum absolute atomic E-state index is 0.0147. The highest BCUT2D eigenvalue weighted by Gasteiger charge is 2.33. The summed E-state index contributed by atoms with van der Waals surface area (Å²) >= 11 is 0. The van der Waals surface area contributed by atoms with E-state index in [4.69, 9.17) is 9.15 Å². The van der Waals surface area contributed by atoms with Crippen LogP contribution in [-0.4, -0.2) is 39.2 Å². The number of hydrogen-bond acceptors (Lipinski definition) is 5. The first kappa shape index (κ1) is 21.2. The van der Waals surface area contributed by atoms with Crippen molar-refractivity contribution < 1.29 is 13.9 Å². The van der Waals surface area contributed by atoms with Gasteiger partial charge in [0.2, 0.25) is 5.89 Å². The molecule has 1 aliphatic rings. The van der Waals surface area contributed by atoms with E-state index in [0.29, 0.717) is 24.6 Å². The van der Waals surface area contributed by atoms with Crippen LogP contribution in [-0.2, 0) is 13.5 Å². The summed E-state index contributed by atoms with van der Waals surface area (Å²) < 4.78 is 13.1. The van der Waals surface area contributed by atoms with Crippen LogP contribution in [0.4, 0.5) is 0 Å². The molecule has 3 heterocycles. The summed E-state index contributed by atoms with van der Waals surface area (Å²) in [6.45, 7) is 4.85. The molecule has 0 aliphatic carbocycles. The van der Waals surface area contributed by atoms with Gasteiger partial charge in [0.05, 0.1) is 19.0 Å². The molecule has 1 saturated heterocycles. The van der Waals surface area contributed by atoms with Crippen molar-refractivity contribution in [2.45, 2.75) is 51.5 Å². The number of piperidine rings is 1. The van der Waals surface area contributed by atoms with Crippen molar-refractivity contribution in [1.29, 1.82) is 0 Å². The van der Waals surface area contributed by atoms with Gasteiger partial charge >= 0.3 is 0 Å². The van der Waals surface area contributed by atoms with Crippen LogP contribution in [0.5, 0.6) is 5.75 Å². The first-order valence-corrected chi connectivity index (χ1v) is 10.9. The second-order valence-electron chi connectivity index (χ2n) is 8.44. The Morgan fingerprint density at radius 3 is 2.87 bits per heavy atom. The average Bonchev–Trinajstić information content (AvgIpc) is 3.40. The maximum Gasteiger partial charge on any atom is 0.272 e. The first-order chi connectivity index (χ1) is 15.0. The molecule has 1 atom stereocenters. The van der Waals surface area contributed by atoms with Crippen LogP contribution in [0.1, 0.15) is 78.5 Å². The van der Waals surface area contributed by atoms with Crippen LogP contribution in [0, 0.1) is 0 Å². The summed E-state index contributed by atoms with van der Waals surface area (Å²) in [5.74, 6) is 2.47. The fraction of sp³-hybridized carbons (Fsp3) is 0.458. The lowest BCUT2D eigenvalue weighted by molar-refractivity contribution is 0.0558. The lowest BCUT2D eigenvalue weighted by Gasteiger charge is -2.33. The van der Waals surface area contributed by atoms with Gasteiger partial charge < -0.3 is 14.1 Å². The summed E-state index contributed by atoms with van der Waals surface area (Å²) in [5, 5.41) is 4.51. The molecular formula is C24H30N4O3. The van der Waals surface area contributed by atoms with Crippen molar-refractivity contribution in [3.8, 4) is 5.75 Å². The maximum atomic E-state index is 13.4. The summed E-state index contributed by atoms with van der Waals surface area (Å²) in [6, 6.07) is 9.67. The predicted octanol–water partition coefficient (Wildman–Crippen LogP) is 4.50. The highest BCUT2D eigenvalue weighted by Crippen LogP contribution is 2.32. The third kappa shape index (κ3) is 4.50. The first-order valence-electron chi connectivity index (χ1n) is 10.9. The van der Waals surface area contributed by atoms with E-state index < -0.39 is 0 Å². The molecule has 164 valence electrons. The molecular weight excluding hydrogens is 392 g/mol. The Hall–Kier alpha value is -3.09. The molecule has 7 nitrogen and oxygen atoms in total. The van der Waals surface area contributed by atoms with Gasteiger partial charge in [-0.2, -0.15) is 5.10 Å². The van der Waals surface area contributed by atoms with Crippen LogP contribution in [0.25, 0.3) is 0 Å². The van der Waals surface area contributed by atoms with E-state index >= 15 is 0 Å². The Balaban J connectivity index is 1.54. The number of aromatic nitrogens is 3. The van der Waals surface area contributed by atoms with Crippen LogP contribution >= 0.6 is 0 Å². The highest BCUT2D eigenvalue weighted by molar-refractivity contribution is 5.93. The van der Waals surface area contributed by atoms with E-state index in [-0.39, 0.29) is 17.9 Å². The van der Waals surface area contributed by atoms with E-state index in [1.807, 2.05) is 42.3 Å². The van der Waals surface area contributed by atoms with Gasteiger partial charge in [-0.05, 0) is 48.9 Å². The number of hydrogen-bond donors (Lipinski definition) is 0. The number of benzene rings is 1. The molecule has 0 radical (unpaired) electrons. The third-order valence-electron chi connectivity index (χ3n) is 5.84. The average molecular weight is 423 g/mol. The molecule has 1 fully saturated rings. The fourth-order valence-corrected chi connectivity index (χ4v) is 4.09. The molecule has 7 heteroatoms. The van der Waals surface area contributed by atoms with Crippen molar-refractivity contribution in [2.75, 3.05) is 13.7 Å². The molecule has 0 saturated carbocycles. The van der Waals surface area contributed by atoms with Gasteiger partial charge in [0.1, 0.15) is 23.2 Å². The zero-order chi connectivity index (χ0) is 22.0. The minimum atomic E-state index is -0.155. The van der Waals surface area contributed by atoms with E-state index in [1.165, 1.54) is 0 Å². The molecule has 0 N–H and O–H groups in total. The molecule has 1 amide bonds. The molecule has 31 heavy (non-hydrogen) atoms. The van der Waals surface area contributed by atoms with E-state index in [1.54, 1.807) is 18.0 Å². The van der Waals surface area contributed by atoms with Crippen molar-refractivity contribution in [2.24, 2.45) is 7.05 Å². The van der Waals surface area contributed by atoms with Gasteiger partial charge in [0, 0.05) is 20.0 Å². The van der Waals surface area contributed by atoms with Gasteiger partial charge in [0.15, 0.2) is 0 Å². The van der Waals surface area contributed by atoms with Crippen molar-refractivity contribution >= 4 is 5.91 Å². The van der Waals surface area contributed by atoms with E-state index in [2.05, 4.69) is 23.9 Å². The second-order valence-corrected chi connectivity index (χ2v) is 8.44. The molecule has 1 aromatic carbocycles. The Bertz CT molecular complexity index is 1050. The lowest BCUT2D eigenvalue weighted by Crippen LogP contribution is -2.39. The van der Waals surface area contributed by atoms with Gasteiger partial charge in [-0.15, -0.1) is 0 Å². The predicted molar refractivity (Wildman–Crippen MR) is 117 cm³/mol. The number of carbonyl (C=O) groups excluding carboxylic acids is 1. The SMILES string of the molecule is COc1cccc(Cc2cnc([C@@H]3CCCCN3C(=O)c3cc(C(C)C)nn3C)o2)c1. The van der Waals surface area contributed by atoms with Crippen molar-refractivity contribution in [3.05, 3.63) is 65.1 Å². The normalized spacial score (nSPS) is 16.7. The van der Waals surface area contributed by atoms with Crippen LogP contribution < -0.4 is 4.74 Å². The van der Waals surface area contributed by atoms with Crippen molar-refractivity contribution in [1.82, 2.24) is 19.7 Å². The van der Waals surface area contributed by atoms with Crippen LogP contribution in [0.15, 0.2) is 40.9 Å². The second kappa shape index (κ2) is 8.96. The number of oxazole rings is 1. The van der Waals surface area contributed by atoms with Crippen LogP contribution in [0.2, 0.25) is 0 Å². The number of ether oxygens (including phenoxy) is 1. The fourth-order valence-electron chi connectivity index (χ4n) is 4.09. The minimum Gasteiger partial charge on any atom is -0.497 e. The number of nitrogens with zero attached hydrogens (tertiary/aromatic N) is 4. The molecule has 0 bridgehead atoms. The molecule has 1 aliphatic heterocycles. The van der Waals surface area contributed by atoms with E-state index in [9.17, 15) is 4.79 Å². The van der Waals surface area contributed by atoms with Crippen LogP contribution in [0.3, 0.4) is 0 Å². The Kier molecular flexibility index (Phi) is 6.11. The molecule has 3 aromatic rings. The Morgan fingerprint density at radius 2 is 2.13 bits per heavy atom. The summed E-state index contributed by atoms with van der Waals surface area (Å²) in [6.07, 6.45) is 5.27. The third-order valence-corrected chi connectivity index (χ3v) is 5.84. The monoisotopic (exact) mass is 422 g/mol. The summed E-state index contributed by atoms with van der Waals surface area (Å²) in [7, 11) is 3.49. The largest absolute Gasteiger partial charge is 0.497 e. The van der Waals surface area contributed by atoms with Gasteiger partial charge in [-0.1, -0.05) is 26.0 Å². The Labute approximate surface area is 183 Å². The topological polar surface area (TPSA) is 73.4 Å². The number of likely N-dealkylation sites (tertiary alicyclic amines) is 1. The lowest BCUT2D eigenvalue weighted by atomic mass is 10.0. The standard InChI is InChI=1S/C24H30N4O3/c1-16(2)20-14-22(27(3)26-20)24(29)28-11-6-5-10-21(28)23-25-15-19(31-23)13-17-8-7-9-18(12-17)30-4/h7-9,12,14-16,21H,5-6,10-11,13H2,1-4H3/t21-/m0/s1.